The smallest absolute Gasteiger partial charge is 0.308 e. The zero-order chi connectivity index (χ0) is 11.4. The lowest BCUT2D eigenvalue weighted by molar-refractivity contribution is -0.131. The van der Waals surface area contributed by atoms with Crippen LogP contribution >= 0.6 is 15.9 Å². The Kier molecular flexibility index (Phi) is 4.03. The number of Topliss-reactive ketones (excluding diaryl/α,β-unsaturated/α-hetero) is 1. The maximum absolute atomic E-state index is 11.3. The summed E-state index contributed by atoms with van der Waals surface area (Å²) < 4.78 is 4.93. The van der Waals surface area contributed by atoms with Crippen molar-refractivity contribution in [2.24, 2.45) is 0 Å². The molecule has 3 nitrogen and oxygen atoms in total. The van der Waals surface area contributed by atoms with Gasteiger partial charge >= 0.3 is 5.97 Å². The largest absolute Gasteiger partial charge is 0.426 e. The third-order valence-electron chi connectivity index (χ3n) is 1.83. The third-order valence-corrected chi connectivity index (χ3v) is 2.48. The molecule has 0 unspecified atom stereocenters. The number of halogens is 1. The fraction of sp³-hybridized carbons (Fsp3) is 0.273. The minimum absolute atomic E-state index is 0.117. The van der Waals surface area contributed by atoms with E-state index in [1.54, 1.807) is 18.2 Å². The van der Waals surface area contributed by atoms with Crippen molar-refractivity contribution in [2.75, 3.05) is 0 Å². The van der Waals surface area contributed by atoms with Crippen LogP contribution in [0.4, 0.5) is 0 Å². The van der Waals surface area contributed by atoms with Gasteiger partial charge in [0.2, 0.25) is 0 Å². The minimum Gasteiger partial charge on any atom is -0.426 e. The highest BCUT2D eigenvalue weighted by atomic mass is 79.9. The van der Waals surface area contributed by atoms with Gasteiger partial charge in [-0.2, -0.15) is 0 Å². The number of ketones is 1. The SMILES string of the molecule is CC(=O)Oc1ccc(CBr)cc1C(C)=O. The van der Waals surface area contributed by atoms with Crippen molar-refractivity contribution in [1.82, 2.24) is 0 Å². The van der Waals surface area contributed by atoms with Gasteiger partial charge in [0.25, 0.3) is 0 Å². The molecule has 0 saturated carbocycles. The van der Waals surface area contributed by atoms with Crippen molar-refractivity contribution < 1.29 is 14.3 Å². The number of benzene rings is 1. The van der Waals surface area contributed by atoms with E-state index < -0.39 is 5.97 Å². The van der Waals surface area contributed by atoms with Crippen molar-refractivity contribution in [3.8, 4) is 5.75 Å². The summed E-state index contributed by atoms with van der Waals surface area (Å²) in [7, 11) is 0. The normalized spacial score (nSPS) is 9.80. The molecule has 1 rings (SSSR count). The predicted molar refractivity (Wildman–Crippen MR) is 60.4 cm³/mol. The third kappa shape index (κ3) is 3.16. The summed E-state index contributed by atoms with van der Waals surface area (Å²) in [6.45, 7) is 2.75. The van der Waals surface area contributed by atoms with Crippen LogP contribution in [0.3, 0.4) is 0 Å². The van der Waals surface area contributed by atoms with Crippen LogP contribution in [0.2, 0.25) is 0 Å². The quantitative estimate of drug-likeness (QED) is 0.367. The fourth-order valence-corrected chi connectivity index (χ4v) is 1.53. The topological polar surface area (TPSA) is 43.4 Å². The fourth-order valence-electron chi connectivity index (χ4n) is 1.18. The van der Waals surface area contributed by atoms with E-state index in [1.807, 2.05) is 0 Å². The second-order valence-corrected chi connectivity index (χ2v) is 3.67. The van der Waals surface area contributed by atoms with Gasteiger partial charge in [-0.05, 0) is 24.6 Å². The van der Waals surface area contributed by atoms with E-state index in [2.05, 4.69) is 15.9 Å². The molecule has 0 aromatic heterocycles. The first kappa shape index (κ1) is 11.9. The minimum atomic E-state index is -0.427. The summed E-state index contributed by atoms with van der Waals surface area (Å²) in [5.41, 5.74) is 1.40. The van der Waals surface area contributed by atoms with Crippen LogP contribution in [0.1, 0.15) is 29.8 Å². The molecule has 0 radical (unpaired) electrons. The van der Waals surface area contributed by atoms with Gasteiger partial charge < -0.3 is 4.74 Å². The highest BCUT2D eigenvalue weighted by Crippen LogP contribution is 2.22. The van der Waals surface area contributed by atoms with Crippen molar-refractivity contribution in [1.29, 1.82) is 0 Å². The summed E-state index contributed by atoms with van der Waals surface area (Å²) >= 11 is 3.30. The molecule has 80 valence electrons. The Bertz CT molecular complexity index is 399. The molecule has 1 aromatic carbocycles. The highest BCUT2D eigenvalue weighted by Gasteiger charge is 2.10. The maximum atomic E-state index is 11.3. The lowest BCUT2D eigenvalue weighted by Crippen LogP contribution is -2.06. The van der Waals surface area contributed by atoms with Crippen LogP contribution in [0.15, 0.2) is 18.2 Å². The molecule has 0 saturated heterocycles. The number of hydrogen-bond acceptors (Lipinski definition) is 3. The molecular formula is C11H11BrO3. The van der Waals surface area contributed by atoms with E-state index in [0.717, 1.165) is 5.56 Å². The van der Waals surface area contributed by atoms with Crippen molar-refractivity contribution >= 4 is 27.7 Å². The lowest BCUT2D eigenvalue weighted by Gasteiger charge is -2.07. The van der Waals surface area contributed by atoms with Crippen LogP contribution in [0.25, 0.3) is 0 Å². The maximum Gasteiger partial charge on any atom is 0.308 e. The molecule has 15 heavy (non-hydrogen) atoms. The summed E-state index contributed by atoms with van der Waals surface area (Å²) in [5.74, 6) is -0.224. The van der Waals surface area contributed by atoms with Gasteiger partial charge in [-0.25, -0.2) is 0 Å². The molecular weight excluding hydrogens is 260 g/mol. The molecule has 0 spiro atoms. The number of esters is 1. The van der Waals surface area contributed by atoms with Gasteiger partial charge in [-0.15, -0.1) is 0 Å². The van der Waals surface area contributed by atoms with Gasteiger partial charge in [0.15, 0.2) is 5.78 Å². The van der Waals surface area contributed by atoms with Crippen molar-refractivity contribution in [3.05, 3.63) is 29.3 Å². The number of rotatable bonds is 3. The zero-order valence-electron chi connectivity index (χ0n) is 8.54. The highest BCUT2D eigenvalue weighted by molar-refractivity contribution is 9.08. The van der Waals surface area contributed by atoms with Gasteiger partial charge in [-0.1, -0.05) is 22.0 Å². The Morgan fingerprint density at radius 2 is 2.00 bits per heavy atom. The standard InChI is InChI=1S/C11H11BrO3/c1-7(13)10-5-9(6-12)3-4-11(10)15-8(2)14/h3-5H,6H2,1-2H3. The number of hydrogen-bond donors (Lipinski definition) is 0. The molecule has 0 heterocycles. The first-order chi connectivity index (χ1) is 7.04. The Hall–Kier alpha value is -1.16. The van der Waals surface area contributed by atoms with Crippen LogP contribution in [0.5, 0.6) is 5.75 Å². The monoisotopic (exact) mass is 270 g/mol. The Balaban J connectivity index is 3.15. The Morgan fingerprint density at radius 3 is 2.47 bits per heavy atom. The van der Waals surface area contributed by atoms with Gasteiger partial charge in [0, 0.05) is 12.3 Å². The molecule has 0 N–H and O–H groups in total. The molecule has 0 aliphatic rings. The van der Waals surface area contributed by atoms with E-state index in [4.69, 9.17) is 4.74 Å². The van der Waals surface area contributed by atoms with Crippen molar-refractivity contribution in [3.63, 3.8) is 0 Å². The molecule has 0 amide bonds. The average molecular weight is 271 g/mol. The van der Waals surface area contributed by atoms with E-state index >= 15 is 0 Å². The van der Waals surface area contributed by atoms with Gasteiger partial charge in [0.1, 0.15) is 5.75 Å². The zero-order valence-corrected chi connectivity index (χ0v) is 10.1. The molecule has 0 bridgehead atoms. The van der Waals surface area contributed by atoms with Crippen LogP contribution in [-0.4, -0.2) is 11.8 Å². The Morgan fingerprint density at radius 1 is 1.33 bits per heavy atom. The number of carbonyl (C=O) groups is 2. The average Bonchev–Trinajstić information content (AvgIpc) is 2.17. The second kappa shape index (κ2) is 5.07. The first-order valence-electron chi connectivity index (χ1n) is 4.43. The van der Waals surface area contributed by atoms with E-state index in [9.17, 15) is 9.59 Å². The number of carbonyl (C=O) groups excluding carboxylic acids is 2. The molecule has 0 aliphatic heterocycles. The second-order valence-electron chi connectivity index (χ2n) is 3.11. The van der Waals surface area contributed by atoms with Crippen molar-refractivity contribution in [2.45, 2.75) is 19.2 Å². The van der Waals surface area contributed by atoms with E-state index in [1.165, 1.54) is 13.8 Å². The van der Waals surface area contributed by atoms with Crippen LogP contribution < -0.4 is 4.74 Å². The molecule has 4 heteroatoms. The molecule has 1 aromatic rings. The molecule has 0 aliphatic carbocycles. The number of ether oxygens (including phenoxy) is 1. The van der Waals surface area contributed by atoms with Crippen LogP contribution in [0, 0.1) is 0 Å². The van der Waals surface area contributed by atoms with Gasteiger partial charge in [0.05, 0.1) is 5.56 Å². The van der Waals surface area contributed by atoms with E-state index in [-0.39, 0.29) is 5.78 Å². The van der Waals surface area contributed by atoms with Gasteiger partial charge in [-0.3, -0.25) is 9.59 Å². The Labute approximate surface area is 96.6 Å². The van der Waals surface area contributed by atoms with E-state index in [0.29, 0.717) is 16.6 Å². The summed E-state index contributed by atoms with van der Waals surface area (Å²) in [5, 5.41) is 0.660. The summed E-state index contributed by atoms with van der Waals surface area (Å²) in [4.78, 5) is 22.1. The summed E-state index contributed by atoms with van der Waals surface area (Å²) in [6, 6.07) is 5.16. The molecule has 0 atom stereocenters. The number of alkyl halides is 1. The predicted octanol–water partition coefficient (Wildman–Crippen LogP) is 2.71. The summed E-state index contributed by atoms with van der Waals surface area (Å²) in [6.07, 6.45) is 0. The first-order valence-corrected chi connectivity index (χ1v) is 5.55. The van der Waals surface area contributed by atoms with Crippen LogP contribution in [-0.2, 0) is 10.1 Å². The molecule has 0 fully saturated rings. The lowest BCUT2D eigenvalue weighted by atomic mass is 10.1.